The van der Waals surface area contributed by atoms with Crippen molar-refractivity contribution in [3.63, 3.8) is 0 Å². The Kier molecular flexibility index (Phi) is 4.88. The van der Waals surface area contributed by atoms with Crippen LogP contribution in [0.2, 0.25) is 0 Å². The first-order chi connectivity index (χ1) is 9.43. The summed E-state index contributed by atoms with van der Waals surface area (Å²) in [7, 11) is 0. The number of ether oxygens (including phenoxy) is 1. The zero-order valence-electron chi connectivity index (χ0n) is 11.4. The van der Waals surface area contributed by atoms with E-state index in [4.69, 9.17) is 4.74 Å². The second-order valence-corrected chi connectivity index (χ2v) is 6.65. The normalized spacial score (nSPS) is 31.7. The van der Waals surface area contributed by atoms with Crippen LogP contribution < -0.4 is 10.6 Å². The van der Waals surface area contributed by atoms with Crippen LogP contribution in [-0.2, 0) is 11.2 Å². The van der Waals surface area contributed by atoms with Gasteiger partial charge in [-0.15, -0.1) is 11.3 Å². The molecule has 2 fully saturated rings. The van der Waals surface area contributed by atoms with Gasteiger partial charge in [-0.1, -0.05) is 12.5 Å². The maximum absolute atomic E-state index is 5.62. The molecule has 1 saturated heterocycles. The van der Waals surface area contributed by atoms with Crippen molar-refractivity contribution in [3.8, 4) is 0 Å². The van der Waals surface area contributed by atoms with Crippen molar-refractivity contribution in [3.05, 3.63) is 22.4 Å². The van der Waals surface area contributed by atoms with Gasteiger partial charge in [-0.2, -0.15) is 0 Å². The molecule has 0 bridgehead atoms. The first-order valence-corrected chi connectivity index (χ1v) is 8.38. The minimum Gasteiger partial charge on any atom is -0.379 e. The number of nitrogens with one attached hydrogen (secondary N) is 2. The van der Waals surface area contributed by atoms with Crippen LogP contribution in [0, 0.1) is 5.92 Å². The summed E-state index contributed by atoms with van der Waals surface area (Å²) in [5.41, 5.74) is 0. The lowest BCUT2D eigenvalue weighted by molar-refractivity contribution is 0.0526. The summed E-state index contributed by atoms with van der Waals surface area (Å²) in [6, 6.07) is 5.62. The molecular weight excluding hydrogens is 256 g/mol. The minimum absolute atomic E-state index is 0.565. The molecule has 1 aromatic rings. The van der Waals surface area contributed by atoms with Gasteiger partial charge in [-0.25, -0.2) is 0 Å². The van der Waals surface area contributed by atoms with E-state index >= 15 is 0 Å². The summed E-state index contributed by atoms with van der Waals surface area (Å²) >= 11 is 1.86. The molecule has 1 aliphatic carbocycles. The lowest BCUT2D eigenvalue weighted by Crippen LogP contribution is -2.51. The largest absolute Gasteiger partial charge is 0.379 e. The van der Waals surface area contributed by atoms with Crippen molar-refractivity contribution < 1.29 is 4.74 Å². The Morgan fingerprint density at radius 3 is 3.21 bits per heavy atom. The number of thiophene rings is 1. The highest BCUT2D eigenvalue weighted by atomic mass is 32.1. The van der Waals surface area contributed by atoms with Crippen LogP contribution in [0.25, 0.3) is 0 Å². The van der Waals surface area contributed by atoms with Crippen LogP contribution >= 0.6 is 11.3 Å². The molecule has 0 spiro atoms. The van der Waals surface area contributed by atoms with Gasteiger partial charge in [0.25, 0.3) is 0 Å². The fourth-order valence-corrected chi connectivity index (χ4v) is 4.13. The van der Waals surface area contributed by atoms with E-state index in [1.54, 1.807) is 0 Å². The van der Waals surface area contributed by atoms with E-state index in [0.29, 0.717) is 12.1 Å². The average molecular weight is 280 g/mol. The van der Waals surface area contributed by atoms with Crippen LogP contribution in [0.4, 0.5) is 0 Å². The van der Waals surface area contributed by atoms with Crippen molar-refractivity contribution in [1.29, 1.82) is 0 Å². The lowest BCUT2D eigenvalue weighted by Gasteiger charge is -2.33. The summed E-state index contributed by atoms with van der Waals surface area (Å²) in [6.07, 6.45) is 5.19. The SMILES string of the molecule is c1csc(CCNC2CCCC2C2COCCN2)c1. The van der Waals surface area contributed by atoms with Gasteiger partial charge in [0.05, 0.1) is 13.2 Å². The molecule has 0 amide bonds. The highest BCUT2D eigenvalue weighted by Gasteiger charge is 2.34. The van der Waals surface area contributed by atoms with E-state index in [-0.39, 0.29) is 0 Å². The second kappa shape index (κ2) is 6.84. The Hall–Kier alpha value is -0.420. The Morgan fingerprint density at radius 1 is 1.42 bits per heavy atom. The Morgan fingerprint density at radius 2 is 2.42 bits per heavy atom. The van der Waals surface area contributed by atoms with Gasteiger partial charge in [0.1, 0.15) is 0 Å². The Labute approximate surface area is 119 Å². The van der Waals surface area contributed by atoms with Gasteiger partial charge in [0.2, 0.25) is 0 Å². The van der Waals surface area contributed by atoms with Crippen molar-refractivity contribution >= 4 is 11.3 Å². The van der Waals surface area contributed by atoms with E-state index in [9.17, 15) is 0 Å². The predicted octanol–water partition coefficient (Wildman–Crippen LogP) is 2.04. The third kappa shape index (κ3) is 3.57. The number of morpholine rings is 1. The minimum atomic E-state index is 0.565. The van der Waals surface area contributed by atoms with Crippen molar-refractivity contribution in [2.75, 3.05) is 26.3 Å². The fourth-order valence-electron chi connectivity index (χ4n) is 3.42. The third-order valence-corrected chi connectivity index (χ3v) is 5.33. The first-order valence-electron chi connectivity index (χ1n) is 7.50. The number of rotatable bonds is 5. The fraction of sp³-hybridized carbons (Fsp3) is 0.733. The quantitative estimate of drug-likeness (QED) is 0.866. The molecular formula is C15H24N2OS. The van der Waals surface area contributed by atoms with Crippen LogP contribution in [0.1, 0.15) is 24.1 Å². The molecule has 1 aromatic heterocycles. The monoisotopic (exact) mass is 280 g/mol. The standard InChI is InChI=1S/C15H24N2OS/c1-4-13(15-11-18-9-8-17-15)14(5-1)16-7-6-12-3-2-10-19-12/h2-3,10,13-17H,1,4-9,11H2. The van der Waals surface area contributed by atoms with Gasteiger partial charge in [-0.05, 0) is 36.6 Å². The van der Waals surface area contributed by atoms with Crippen LogP contribution in [-0.4, -0.2) is 38.4 Å². The van der Waals surface area contributed by atoms with Gasteiger partial charge in [0, 0.05) is 30.1 Å². The topological polar surface area (TPSA) is 33.3 Å². The molecule has 2 N–H and O–H groups in total. The van der Waals surface area contributed by atoms with Gasteiger partial charge in [-0.3, -0.25) is 0 Å². The lowest BCUT2D eigenvalue weighted by atomic mass is 9.94. The zero-order chi connectivity index (χ0) is 12.9. The van der Waals surface area contributed by atoms with Gasteiger partial charge < -0.3 is 15.4 Å². The van der Waals surface area contributed by atoms with E-state index < -0.39 is 0 Å². The molecule has 3 rings (SSSR count). The highest BCUT2D eigenvalue weighted by Crippen LogP contribution is 2.29. The molecule has 1 saturated carbocycles. The Bertz CT molecular complexity index is 362. The van der Waals surface area contributed by atoms with Crippen molar-refractivity contribution in [1.82, 2.24) is 10.6 Å². The molecule has 3 atom stereocenters. The molecule has 0 radical (unpaired) electrons. The average Bonchev–Trinajstić information content (AvgIpc) is 3.11. The van der Waals surface area contributed by atoms with E-state index in [2.05, 4.69) is 28.1 Å². The number of hydrogen-bond acceptors (Lipinski definition) is 4. The smallest absolute Gasteiger partial charge is 0.0623 e. The molecule has 4 heteroatoms. The summed E-state index contributed by atoms with van der Waals surface area (Å²) < 4.78 is 5.62. The zero-order valence-corrected chi connectivity index (χ0v) is 12.3. The van der Waals surface area contributed by atoms with Crippen LogP contribution in [0.5, 0.6) is 0 Å². The van der Waals surface area contributed by atoms with Crippen LogP contribution in [0.15, 0.2) is 17.5 Å². The van der Waals surface area contributed by atoms with Crippen molar-refractivity contribution in [2.45, 2.75) is 37.8 Å². The first kappa shape index (κ1) is 13.6. The molecule has 2 aliphatic rings. The summed E-state index contributed by atoms with van der Waals surface area (Å²) in [4.78, 5) is 1.49. The van der Waals surface area contributed by atoms with Crippen LogP contribution in [0.3, 0.4) is 0 Å². The summed E-state index contributed by atoms with van der Waals surface area (Å²) in [5.74, 6) is 0.753. The van der Waals surface area contributed by atoms with E-state index in [0.717, 1.165) is 38.6 Å². The van der Waals surface area contributed by atoms with E-state index in [1.807, 2.05) is 11.3 Å². The molecule has 19 heavy (non-hydrogen) atoms. The number of hydrogen-bond donors (Lipinski definition) is 2. The maximum Gasteiger partial charge on any atom is 0.0623 e. The van der Waals surface area contributed by atoms with Gasteiger partial charge >= 0.3 is 0 Å². The molecule has 2 heterocycles. The molecule has 1 aliphatic heterocycles. The molecule has 0 aromatic carbocycles. The second-order valence-electron chi connectivity index (χ2n) is 5.62. The third-order valence-electron chi connectivity index (χ3n) is 4.39. The van der Waals surface area contributed by atoms with Crippen molar-refractivity contribution in [2.24, 2.45) is 5.92 Å². The molecule has 3 unspecified atom stereocenters. The predicted molar refractivity (Wildman–Crippen MR) is 79.8 cm³/mol. The van der Waals surface area contributed by atoms with E-state index in [1.165, 1.54) is 24.1 Å². The maximum atomic E-state index is 5.62. The highest BCUT2D eigenvalue weighted by molar-refractivity contribution is 7.09. The Balaban J connectivity index is 1.46. The summed E-state index contributed by atoms with van der Waals surface area (Å²) in [5, 5.41) is 9.57. The molecule has 106 valence electrons. The van der Waals surface area contributed by atoms with Gasteiger partial charge in [0.15, 0.2) is 0 Å². The molecule has 3 nitrogen and oxygen atoms in total. The summed E-state index contributed by atoms with van der Waals surface area (Å²) in [6.45, 7) is 3.89.